The second-order valence-electron chi connectivity index (χ2n) is 6.11. The minimum absolute atomic E-state index is 0.582. The van der Waals surface area contributed by atoms with Gasteiger partial charge in [0.2, 0.25) is 0 Å². The molecule has 0 heterocycles. The predicted molar refractivity (Wildman–Crippen MR) is 64.5 cm³/mol. The van der Waals surface area contributed by atoms with Gasteiger partial charge in [-0.2, -0.15) is 0 Å². The fourth-order valence-electron chi connectivity index (χ4n) is 2.95. The summed E-state index contributed by atoms with van der Waals surface area (Å²) in [5.41, 5.74) is 1.21. The number of unbranched alkanes of at least 4 members (excludes halogenated alkanes) is 2. The standard InChI is InChI=1S/C14H28/c1-5-6-7-11-14(4)12-9-8-10-13(14,2)3/h5-12H2,1-4H3/t14-/m1/s1. The van der Waals surface area contributed by atoms with Crippen molar-refractivity contribution in [3.63, 3.8) is 0 Å². The van der Waals surface area contributed by atoms with Crippen LogP contribution in [0, 0.1) is 10.8 Å². The summed E-state index contributed by atoms with van der Waals surface area (Å²) in [6, 6.07) is 0. The van der Waals surface area contributed by atoms with E-state index in [0.717, 1.165) is 0 Å². The molecule has 0 N–H and O–H groups in total. The van der Waals surface area contributed by atoms with Gasteiger partial charge in [-0.25, -0.2) is 0 Å². The molecule has 0 nitrogen and oxygen atoms in total. The Balaban J connectivity index is 2.51. The van der Waals surface area contributed by atoms with E-state index in [1.807, 2.05) is 0 Å². The van der Waals surface area contributed by atoms with Crippen molar-refractivity contribution in [3.8, 4) is 0 Å². The van der Waals surface area contributed by atoms with Crippen molar-refractivity contribution >= 4 is 0 Å². The van der Waals surface area contributed by atoms with Crippen molar-refractivity contribution in [2.45, 2.75) is 79.1 Å². The zero-order valence-electron chi connectivity index (χ0n) is 10.7. The highest BCUT2D eigenvalue weighted by molar-refractivity contribution is 4.92. The summed E-state index contributed by atoms with van der Waals surface area (Å²) in [7, 11) is 0. The zero-order chi connectivity index (χ0) is 10.7. The van der Waals surface area contributed by atoms with Crippen LogP contribution in [0.4, 0.5) is 0 Å². The van der Waals surface area contributed by atoms with E-state index < -0.39 is 0 Å². The van der Waals surface area contributed by atoms with Crippen LogP contribution in [0.2, 0.25) is 0 Å². The van der Waals surface area contributed by atoms with Crippen LogP contribution in [-0.2, 0) is 0 Å². The van der Waals surface area contributed by atoms with Gasteiger partial charge in [0.1, 0.15) is 0 Å². The first-order valence-corrected chi connectivity index (χ1v) is 6.52. The highest BCUT2D eigenvalue weighted by atomic mass is 14.5. The summed E-state index contributed by atoms with van der Waals surface area (Å²) < 4.78 is 0. The first-order valence-electron chi connectivity index (χ1n) is 6.52. The monoisotopic (exact) mass is 196 g/mol. The molecule has 0 unspecified atom stereocenters. The van der Waals surface area contributed by atoms with Gasteiger partial charge in [-0.1, -0.05) is 59.8 Å². The molecular weight excluding hydrogens is 168 g/mol. The third-order valence-corrected chi connectivity index (χ3v) is 4.75. The molecule has 0 bridgehead atoms. The lowest BCUT2D eigenvalue weighted by atomic mass is 9.57. The van der Waals surface area contributed by atoms with Crippen molar-refractivity contribution in [1.29, 1.82) is 0 Å². The molecule has 0 saturated heterocycles. The van der Waals surface area contributed by atoms with E-state index in [1.54, 1.807) is 0 Å². The molecule has 0 aromatic heterocycles. The van der Waals surface area contributed by atoms with Crippen LogP contribution in [0.3, 0.4) is 0 Å². The summed E-state index contributed by atoms with van der Waals surface area (Å²) >= 11 is 0. The van der Waals surface area contributed by atoms with E-state index in [0.29, 0.717) is 10.8 Å². The maximum Gasteiger partial charge on any atom is -0.0275 e. The first-order chi connectivity index (χ1) is 6.52. The van der Waals surface area contributed by atoms with Crippen molar-refractivity contribution < 1.29 is 0 Å². The molecule has 0 radical (unpaired) electrons. The molecule has 1 saturated carbocycles. The van der Waals surface area contributed by atoms with E-state index in [4.69, 9.17) is 0 Å². The lowest BCUT2D eigenvalue weighted by molar-refractivity contribution is 0.0226. The van der Waals surface area contributed by atoms with Crippen LogP contribution in [0.1, 0.15) is 79.1 Å². The Morgan fingerprint density at radius 3 is 2.14 bits per heavy atom. The molecule has 0 amide bonds. The summed E-state index contributed by atoms with van der Waals surface area (Å²) in [5.74, 6) is 0. The molecule has 0 spiro atoms. The zero-order valence-corrected chi connectivity index (χ0v) is 10.7. The Morgan fingerprint density at radius 1 is 0.929 bits per heavy atom. The van der Waals surface area contributed by atoms with Gasteiger partial charge < -0.3 is 0 Å². The number of hydrogen-bond acceptors (Lipinski definition) is 0. The van der Waals surface area contributed by atoms with E-state index >= 15 is 0 Å². The maximum atomic E-state index is 2.53. The van der Waals surface area contributed by atoms with Crippen molar-refractivity contribution in [2.75, 3.05) is 0 Å². The van der Waals surface area contributed by atoms with Crippen LogP contribution < -0.4 is 0 Å². The Labute approximate surface area is 90.5 Å². The molecule has 1 aliphatic rings. The van der Waals surface area contributed by atoms with Crippen LogP contribution in [-0.4, -0.2) is 0 Å². The minimum atomic E-state index is 0.582. The molecule has 0 aromatic carbocycles. The van der Waals surface area contributed by atoms with Crippen molar-refractivity contribution in [2.24, 2.45) is 10.8 Å². The quantitative estimate of drug-likeness (QED) is 0.544. The third kappa shape index (κ3) is 2.52. The van der Waals surface area contributed by atoms with E-state index in [-0.39, 0.29) is 0 Å². The van der Waals surface area contributed by atoms with Gasteiger partial charge in [-0.15, -0.1) is 0 Å². The summed E-state index contributed by atoms with van der Waals surface area (Å²) in [5, 5.41) is 0. The fourth-order valence-corrected chi connectivity index (χ4v) is 2.95. The molecule has 0 aromatic rings. The van der Waals surface area contributed by atoms with E-state index in [9.17, 15) is 0 Å². The van der Waals surface area contributed by atoms with Crippen molar-refractivity contribution in [3.05, 3.63) is 0 Å². The Kier molecular flexibility index (Phi) is 4.04. The van der Waals surface area contributed by atoms with Gasteiger partial charge in [0, 0.05) is 0 Å². The van der Waals surface area contributed by atoms with Gasteiger partial charge in [-0.3, -0.25) is 0 Å². The Bertz CT molecular complexity index is 169. The largest absolute Gasteiger partial charge is 0.0654 e. The van der Waals surface area contributed by atoms with Crippen LogP contribution in [0.25, 0.3) is 0 Å². The summed E-state index contributed by atoms with van der Waals surface area (Å²) in [6.45, 7) is 9.80. The second kappa shape index (κ2) is 4.68. The van der Waals surface area contributed by atoms with Crippen molar-refractivity contribution in [1.82, 2.24) is 0 Å². The molecule has 84 valence electrons. The molecule has 1 atom stereocenters. The SMILES string of the molecule is CCCCC[C@]1(C)CCCCC1(C)C. The molecule has 1 aliphatic carbocycles. The molecule has 1 fully saturated rings. The van der Waals surface area contributed by atoms with Crippen LogP contribution in [0.5, 0.6) is 0 Å². The van der Waals surface area contributed by atoms with E-state index in [1.165, 1.54) is 51.4 Å². The van der Waals surface area contributed by atoms with Gasteiger partial charge in [-0.05, 0) is 30.1 Å². The first kappa shape index (κ1) is 12.1. The van der Waals surface area contributed by atoms with Gasteiger partial charge in [0.15, 0.2) is 0 Å². The molecule has 0 heteroatoms. The Hall–Kier alpha value is 0. The predicted octanol–water partition coefficient (Wildman–Crippen LogP) is 5.17. The van der Waals surface area contributed by atoms with Gasteiger partial charge in [0.25, 0.3) is 0 Å². The lowest BCUT2D eigenvalue weighted by Gasteiger charge is -2.48. The van der Waals surface area contributed by atoms with E-state index in [2.05, 4.69) is 27.7 Å². The summed E-state index contributed by atoms with van der Waals surface area (Å²) in [4.78, 5) is 0. The molecule has 0 aliphatic heterocycles. The minimum Gasteiger partial charge on any atom is -0.0654 e. The normalized spacial score (nSPS) is 31.7. The number of hydrogen-bond donors (Lipinski definition) is 0. The lowest BCUT2D eigenvalue weighted by Crippen LogP contribution is -2.38. The smallest absolute Gasteiger partial charge is 0.0275 e. The summed E-state index contributed by atoms with van der Waals surface area (Å²) in [6.07, 6.45) is 11.5. The second-order valence-corrected chi connectivity index (χ2v) is 6.11. The topological polar surface area (TPSA) is 0 Å². The third-order valence-electron chi connectivity index (χ3n) is 4.75. The van der Waals surface area contributed by atoms with Crippen LogP contribution >= 0.6 is 0 Å². The average molecular weight is 196 g/mol. The molecule has 14 heavy (non-hydrogen) atoms. The Morgan fingerprint density at radius 2 is 1.57 bits per heavy atom. The van der Waals surface area contributed by atoms with Gasteiger partial charge in [0.05, 0.1) is 0 Å². The number of rotatable bonds is 4. The van der Waals surface area contributed by atoms with Gasteiger partial charge >= 0.3 is 0 Å². The molecular formula is C14H28. The highest BCUT2D eigenvalue weighted by Crippen LogP contribution is 2.52. The maximum absolute atomic E-state index is 2.53. The average Bonchev–Trinajstić information content (AvgIpc) is 2.11. The molecule has 1 rings (SSSR count). The fraction of sp³-hybridized carbons (Fsp3) is 1.00. The van der Waals surface area contributed by atoms with Crippen LogP contribution in [0.15, 0.2) is 0 Å². The highest BCUT2D eigenvalue weighted by Gasteiger charge is 2.41.